The molecule has 124 valence electrons. The predicted molar refractivity (Wildman–Crippen MR) is 81.6 cm³/mol. The first kappa shape index (κ1) is 15.9. The lowest BCUT2D eigenvalue weighted by Crippen LogP contribution is -2.40. The Bertz CT molecular complexity index is 444. The zero-order chi connectivity index (χ0) is 15.2. The molecule has 0 bridgehead atoms. The van der Waals surface area contributed by atoms with Gasteiger partial charge in [-0.15, -0.1) is 0 Å². The van der Waals surface area contributed by atoms with Gasteiger partial charge in [-0.3, -0.25) is 4.90 Å². The van der Waals surface area contributed by atoms with E-state index >= 15 is 0 Å². The zero-order valence-corrected chi connectivity index (χ0v) is 13.5. The summed E-state index contributed by atoms with van der Waals surface area (Å²) in [6, 6.07) is 0. The molecule has 0 spiro atoms. The van der Waals surface area contributed by atoms with Crippen molar-refractivity contribution >= 4 is 0 Å². The lowest BCUT2D eigenvalue weighted by molar-refractivity contribution is -0.0487. The van der Waals surface area contributed by atoms with Crippen LogP contribution in [0.2, 0.25) is 0 Å². The Balaban J connectivity index is 1.40. The van der Waals surface area contributed by atoms with Crippen LogP contribution in [0.3, 0.4) is 0 Å². The van der Waals surface area contributed by atoms with E-state index in [2.05, 4.69) is 15.0 Å². The molecular formula is C16H27N3O3. The van der Waals surface area contributed by atoms with E-state index in [1.54, 1.807) is 6.92 Å². The number of rotatable bonds is 5. The minimum atomic E-state index is -0.0796. The number of ether oxygens (including phenoxy) is 2. The molecule has 2 heterocycles. The molecule has 2 aliphatic rings. The maximum atomic E-state index is 6.08. The molecule has 0 aromatic carbocycles. The molecule has 1 saturated heterocycles. The van der Waals surface area contributed by atoms with Crippen LogP contribution < -0.4 is 0 Å². The van der Waals surface area contributed by atoms with Gasteiger partial charge in [-0.1, -0.05) is 30.8 Å². The number of hydrogen-bond acceptors (Lipinski definition) is 6. The summed E-state index contributed by atoms with van der Waals surface area (Å²) in [4.78, 5) is 6.64. The molecule has 22 heavy (non-hydrogen) atoms. The van der Waals surface area contributed by atoms with E-state index < -0.39 is 0 Å². The zero-order valence-electron chi connectivity index (χ0n) is 13.5. The van der Waals surface area contributed by atoms with Crippen molar-refractivity contribution in [1.29, 1.82) is 0 Å². The van der Waals surface area contributed by atoms with Gasteiger partial charge in [-0.25, -0.2) is 0 Å². The fourth-order valence-corrected chi connectivity index (χ4v) is 3.26. The highest BCUT2D eigenvalue weighted by Crippen LogP contribution is 2.21. The van der Waals surface area contributed by atoms with Gasteiger partial charge in [-0.2, -0.15) is 4.98 Å². The minimum Gasteiger partial charge on any atom is -0.377 e. The van der Waals surface area contributed by atoms with Crippen LogP contribution in [0.1, 0.15) is 56.3 Å². The van der Waals surface area contributed by atoms with Crippen LogP contribution in [0.25, 0.3) is 0 Å². The summed E-state index contributed by atoms with van der Waals surface area (Å²) >= 11 is 0. The molecular weight excluding hydrogens is 282 g/mol. The van der Waals surface area contributed by atoms with Gasteiger partial charge in [0.05, 0.1) is 19.3 Å². The maximum absolute atomic E-state index is 6.08. The van der Waals surface area contributed by atoms with Gasteiger partial charge in [0.1, 0.15) is 6.10 Å². The second-order valence-electron chi connectivity index (χ2n) is 6.32. The van der Waals surface area contributed by atoms with E-state index in [4.69, 9.17) is 14.0 Å². The predicted octanol–water partition coefficient (Wildman–Crippen LogP) is 2.49. The maximum Gasteiger partial charge on any atom is 0.223 e. The van der Waals surface area contributed by atoms with Crippen molar-refractivity contribution in [2.24, 2.45) is 0 Å². The molecule has 3 rings (SSSR count). The number of nitrogens with zero attached hydrogens (tertiary/aromatic N) is 3. The van der Waals surface area contributed by atoms with Crippen LogP contribution in [0.4, 0.5) is 0 Å². The second-order valence-corrected chi connectivity index (χ2v) is 6.32. The number of hydrogen-bond donors (Lipinski definition) is 0. The number of aromatic nitrogens is 2. The molecule has 0 amide bonds. The minimum absolute atomic E-state index is 0.0796. The Morgan fingerprint density at radius 3 is 2.77 bits per heavy atom. The molecule has 6 nitrogen and oxygen atoms in total. The highest BCUT2D eigenvalue weighted by molar-refractivity contribution is 4.92. The van der Waals surface area contributed by atoms with Crippen LogP contribution in [0.5, 0.6) is 0 Å². The summed E-state index contributed by atoms with van der Waals surface area (Å²) in [6.07, 6.45) is 8.23. The van der Waals surface area contributed by atoms with Crippen molar-refractivity contribution < 1.29 is 14.0 Å². The average molecular weight is 309 g/mol. The van der Waals surface area contributed by atoms with Crippen molar-refractivity contribution in [2.75, 3.05) is 32.8 Å². The Morgan fingerprint density at radius 2 is 2.05 bits per heavy atom. The van der Waals surface area contributed by atoms with Crippen molar-refractivity contribution in [2.45, 2.75) is 57.7 Å². The van der Waals surface area contributed by atoms with E-state index in [9.17, 15) is 0 Å². The van der Waals surface area contributed by atoms with Crippen molar-refractivity contribution in [3.63, 3.8) is 0 Å². The van der Waals surface area contributed by atoms with Crippen LogP contribution in [-0.2, 0) is 9.47 Å². The monoisotopic (exact) mass is 309 g/mol. The molecule has 6 heteroatoms. The van der Waals surface area contributed by atoms with Gasteiger partial charge in [0.2, 0.25) is 11.7 Å². The quantitative estimate of drug-likeness (QED) is 0.779. The highest BCUT2D eigenvalue weighted by atomic mass is 16.5. The first-order valence-corrected chi connectivity index (χ1v) is 8.57. The van der Waals surface area contributed by atoms with Crippen LogP contribution in [0.15, 0.2) is 4.52 Å². The van der Waals surface area contributed by atoms with Crippen LogP contribution in [-0.4, -0.2) is 54.0 Å². The third kappa shape index (κ3) is 4.51. The van der Waals surface area contributed by atoms with Crippen LogP contribution >= 0.6 is 0 Å². The summed E-state index contributed by atoms with van der Waals surface area (Å²) in [5, 5.41) is 3.97. The second kappa shape index (κ2) is 8.04. The lowest BCUT2D eigenvalue weighted by Gasteiger charge is -2.31. The third-order valence-electron chi connectivity index (χ3n) is 4.55. The van der Waals surface area contributed by atoms with E-state index in [1.807, 2.05) is 0 Å². The van der Waals surface area contributed by atoms with Crippen molar-refractivity contribution in [3.05, 3.63) is 11.7 Å². The number of aryl methyl sites for hydroxylation is 1. The smallest absolute Gasteiger partial charge is 0.223 e. The van der Waals surface area contributed by atoms with E-state index in [0.29, 0.717) is 24.4 Å². The molecule has 1 aliphatic carbocycles. The summed E-state index contributed by atoms with van der Waals surface area (Å²) in [7, 11) is 0. The SMILES string of the molecule is Cc1nc([C@@H]2CN(CCOC3CCCCCC3)CCO2)no1. The van der Waals surface area contributed by atoms with E-state index in [0.717, 1.165) is 26.2 Å². The highest BCUT2D eigenvalue weighted by Gasteiger charge is 2.25. The summed E-state index contributed by atoms with van der Waals surface area (Å²) in [6.45, 7) is 6.03. The molecule has 0 radical (unpaired) electrons. The van der Waals surface area contributed by atoms with Gasteiger partial charge >= 0.3 is 0 Å². The van der Waals surface area contributed by atoms with Gasteiger partial charge in [0.15, 0.2) is 0 Å². The molecule has 1 saturated carbocycles. The van der Waals surface area contributed by atoms with E-state index in [1.165, 1.54) is 38.5 Å². The molecule has 2 fully saturated rings. The fourth-order valence-electron chi connectivity index (χ4n) is 3.26. The van der Waals surface area contributed by atoms with Gasteiger partial charge in [0.25, 0.3) is 0 Å². The Kier molecular flexibility index (Phi) is 5.81. The van der Waals surface area contributed by atoms with Gasteiger partial charge in [0, 0.05) is 26.6 Å². The molecule has 1 aromatic heterocycles. The Morgan fingerprint density at radius 1 is 1.23 bits per heavy atom. The average Bonchev–Trinajstić information content (AvgIpc) is 2.81. The molecule has 0 N–H and O–H groups in total. The first-order chi connectivity index (χ1) is 10.8. The first-order valence-electron chi connectivity index (χ1n) is 8.57. The van der Waals surface area contributed by atoms with Crippen molar-refractivity contribution in [1.82, 2.24) is 15.0 Å². The summed E-state index contributed by atoms with van der Waals surface area (Å²) in [5.74, 6) is 1.25. The van der Waals surface area contributed by atoms with E-state index in [-0.39, 0.29) is 6.10 Å². The number of morpholine rings is 1. The van der Waals surface area contributed by atoms with Gasteiger partial charge in [-0.05, 0) is 12.8 Å². The molecule has 1 atom stereocenters. The molecule has 1 aliphatic heterocycles. The van der Waals surface area contributed by atoms with Gasteiger partial charge < -0.3 is 14.0 Å². The topological polar surface area (TPSA) is 60.6 Å². The Labute approximate surface area is 132 Å². The molecule has 1 aromatic rings. The largest absolute Gasteiger partial charge is 0.377 e. The normalized spacial score (nSPS) is 25.2. The summed E-state index contributed by atoms with van der Waals surface area (Å²) < 4.78 is 16.9. The van der Waals surface area contributed by atoms with Crippen LogP contribution in [0, 0.1) is 6.92 Å². The lowest BCUT2D eigenvalue weighted by atomic mass is 10.1. The van der Waals surface area contributed by atoms with Crippen molar-refractivity contribution in [3.8, 4) is 0 Å². The fraction of sp³-hybridized carbons (Fsp3) is 0.875. The molecule has 0 unspecified atom stereocenters. The Hall–Kier alpha value is -0.980. The summed E-state index contributed by atoms with van der Waals surface area (Å²) in [5.41, 5.74) is 0. The third-order valence-corrected chi connectivity index (χ3v) is 4.55. The standard InChI is InChI=1S/C16H27N3O3/c1-13-17-16(18-22-13)15-12-19(9-11-21-15)8-10-20-14-6-4-2-3-5-7-14/h14-15H,2-12H2,1H3/t15-/m0/s1.